The molecule has 0 saturated heterocycles. The first-order chi connectivity index (χ1) is 7.65. The highest BCUT2D eigenvalue weighted by atomic mass is 35.5. The minimum Gasteiger partial charge on any atom is -1.00 e. The molecule has 1 aromatic heterocycles. The van der Waals surface area contributed by atoms with Gasteiger partial charge in [0.15, 0.2) is 12.7 Å². The second-order valence-corrected chi connectivity index (χ2v) is 3.76. The van der Waals surface area contributed by atoms with Gasteiger partial charge < -0.3 is 17.1 Å². The van der Waals surface area contributed by atoms with E-state index in [9.17, 15) is 4.79 Å². The molecule has 0 aromatic carbocycles. The van der Waals surface area contributed by atoms with Gasteiger partial charge in [0.1, 0.15) is 0 Å². The molecule has 0 amide bonds. The van der Waals surface area contributed by atoms with Gasteiger partial charge in [0.25, 0.3) is 0 Å². The number of ether oxygens (including phenoxy) is 1. The lowest BCUT2D eigenvalue weighted by Crippen LogP contribution is -3.00. The lowest BCUT2D eigenvalue weighted by atomic mass is 10.3. The second kappa shape index (κ2) is 7.85. The van der Waals surface area contributed by atoms with Crippen LogP contribution in [0, 0.1) is 0 Å². The van der Waals surface area contributed by atoms with E-state index in [1.165, 1.54) is 0 Å². The normalized spacial score (nSPS) is 9.29. The van der Waals surface area contributed by atoms with Gasteiger partial charge in [-0.25, -0.2) is 4.79 Å². The van der Waals surface area contributed by atoms with E-state index in [2.05, 4.69) is 13.5 Å². The van der Waals surface area contributed by atoms with Crippen LogP contribution in [0.4, 0.5) is 0 Å². The minimum absolute atomic E-state index is 0. The molecule has 1 aromatic rings. The van der Waals surface area contributed by atoms with Crippen molar-refractivity contribution < 1.29 is 26.5 Å². The van der Waals surface area contributed by atoms with E-state index in [1.807, 2.05) is 22.9 Å². The Kier molecular flexibility index (Phi) is 7.22. The number of halogens is 1. The van der Waals surface area contributed by atoms with Gasteiger partial charge >= 0.3 is 11.8 Å². The summed E-state index contributed by atoms with van der Waals surface area (Å²) in [5.74, 6) is 0.195. The molecule has 0 N–H and O–H groups in total. The van der Waals surface area contributed by atoms with Crippen LogP contribution in [-0.2, 0) is 11.3 Å². The van der Waals surface area contributed by atoms with Gasteiger partial charge in [-0.1, -0.05) is 19.9 Å². The smallest absolute Gasteiger partial charge is 0.375 e. The molecule has 0 bridgehead atoms. The number of hydrogen-bond acceptors (Lipinski definition) is 2. The van der Waals surface area contributed by atoms with Crippen LogP contribution < -0.4 is 21.7 Å². The molecule has 1 heterocycles. The molecule has 0 atom stereocenters. The van der Waals surface area contributed by atoms with Crippen molar-refractivity contribution in [1.82, 2.24) is 0 Å². The Morgan fingerprint density at radius 3 is 2.76 bits per heavy atom. The van der Waals surface area contributed by atoms with Crippen molar-refractivity contribution in [3.05, 3.63) is 36.5 Å². The van der Waals surface area contributed by atoms with Gasteiger partial charge in [0.2, 0.25) is 0 Å². The van der Waals surface area contributed by atoms with Gasteiger partial charge in [-0.05, 0) is 13.0 Å². The first kappa shape index (κ1) is 15.7. The summed E-state index contributed by atoms with van der Waals surface area (Å²) in [6.45, 7) is 8.19. The molecule has 0 aliphatic heterocycles. The molecular formula is C13H18ClNO2. The van der Waals surface area contributed by atoms with Crippen molar-refractivity contribution in [2.75, 3.05) is 0 Å². The Labute approximate surface area is 109 Å². The lowest BCUT2D eigenvalue weighted by Gasteiger charge is -2.03. The molecule has 0 spiro atoms. The Hall–Kier alpha value is -1.35. The average molecular weight is 256 g/mol. The largest absolute Gasteiger partial charge is 1.00 e. The molecule has 0 radical (unpaired) electrons. The van der Waals surface area contributed by atoms with Gasteiger partial charge in [-0.15, -0.1) is 0 Å². The first-order valence-electron chi connectivity index (χ1n) is 5.51. The van der Waals surface area contributed by atoms with Gasteiger partial charge in [0.05, 0.1) is 6.07 Å². The van der Waals surface area contributed by atoms with E-state index in [1.54, 1.807) is 13.0 Å². The number of carbonyl (C=O) groups excluding carboxylic acids is 1. The maximum absolute atomic E-state index is 11.4. The fourth-order valence-corrected chi connectivity index (χ4v) is 1.25. The molecular weight excluding hydrogens is 238 g/mol. The molecule has 17 heavy (non-hydrogen) atoms. The SMILES string of the molecule is C=C(C)C(=O)Oc1cccc[n+]1CCCC.[Cl-]. The predicted octanol–water partition coefficient (Wildman–Crippen LogP) is -0.740. The van der Waals surface area contributed by atoms with Gasteiger partial charge in [-0.2, -0.15) is 4.57 Å². The number of carbonyl (C=O) groups is 1. The molecule has 0 aliphatic carbocycles. The van der Waals surface area contributed by atoms with Crippen LogP contribution in [-0.4, -0.2) is 5.97 Å². The van der Waals surface area contributed by atoms with Crippen molar-refractivity contribution >= 4 is 5.97 Å². The van der Waals surface area contributed by atoms with E-state index >= 15 is 0 Å². The molecule has 4 heteroatoms. The van der Waals surface area contributed by atoms with Gasteiger partial charge in [0, 0.05) is 18.1 Å². The molecule has 0 aliphatic rings. The van der Waals surface area contributed by atoms with Crippen LogP contribution in [0.1, 0.15) is 26.7 Å². The maximum Gasteiger partial charge on any atom is 0.375 e. The molecule has 94 valence electrons. The molecule has 0 unspecified atom stereocenters. The second-order valence-electron chi connectivity index (χ2n) is 3.76. The number of nitrogens with zero attached hydrogens (tertiary/aromatic N) is 1. The molecule has 1 rings (SSSR count). The summed E-state index contributed by atoms with van der Waals surface area (Å²) in [5.41, 5.74) is 0.408. The van der Waals surface area contributed by atoms with Crippen LogP contribution in [0.15, 0.2) is 36.5 Å². The summed E-state index contributed by atoms with van der Waals surface area (Å²) >= 11 is 0. The van der Waals surface area contributed by atoms with Gasteiger partial charge in [-0.3, -0.25) is 0 Å². The standard InChI is InChI=1S/C13H18NO2.ClH/c1-4-5-9-14-10-7-6-8-12(14)16-13(15)11(2)3;/h6-8,10H,2,4-5,9H2,1,3H3;1H/q+1;/p-1. The summed E-state index contributed by atoms with van der Waals surface area (Å²) in [7, 11) is 0. The number of hydrogen-bond donors (Lipinski definition) is 0. The number of esters is 1. The monoisotopic (exact) mass is 255 g/mol. The van der Waals surface area contributed by atoms with Crippen molar-refractivity contribution in [1.29, 1.82) is 0 Å². The van der Waals surface area contributed by atoms with E-state index in [4.69, 9.17) is 4.74 Å². The Bertz CT molecular complexity index is 391. The van der Waals surface area contributed by atoms with Crippen molar-refractivity contribution in [3.8, 4) is 5.88 Å². The van der Waals surface area contributed by atoms with Crippen LogP contribution in [0.2, 0.25) is 0 Å². The number of rotatable bonds is 5. The summed E-state index contributed by atoms with van der Waals surface area (Å²) in [6.07, 6.45) is 4.08. The Balaban J connectivity index is 0.00000256. The van der Waals surface area contributed by atoms with E-state index < -0.39 is 0 Å². The third-order valence-corrected chi connectivity index (χ3v) is 2.20. The van der Waals surface area contributed by atoms with Crippen LogP contribution in [0.3, 0.4) is 0 Å². The number of aromatic nitrogens is 1. The number of aryl methyl sites for hydroxylation is 1. The zero-order valence-corrected chi connectivity index (χ0v) is 11.0. The topological polar surface area (TPSA) is 30.2 Å². The van der Waals surface area contributed by atoms with E-state index in [0.717, 1.165) is 19.4 Å². The molecule has 3 nitrogen and oxygen atoms in total. The number of unbranched alkanes of at least 4 members (excludes halogenated alkanes) is 1. The highest BCUT2D eigenvalue weighted by molar-refractivity contribution is 5.88. The molecule has 0 saturated carbocycles. The van der Waals surface area contributed by atoms with E-state index in [-0.39, 0.29) is 18.4 Å². The minimum atomic E-state index is -0.378. The van der Waals surface area contributed by atoms with Crippen molar-refractivity contribution in [2.45, 2.75) is 33.2 Å². The van der Waals surface area contributed by atoms with Crippen LogP contribution in [0.25, 0.3) is 0 Å². The highest BCUT2D eigenvalue weighted by Gasteiger charge is 2.14. The fourth-order valence-electron chi connectivity index (χ4n) is 1.25. The lowest BCUT2D eigenvalue weighted by molar-refractivity contribution is -0.700. The van der Waals surface area contributed by atoms with Crippen LogP contribution >= 0.6 is 0 Å². The third kappa shape index (κ3) is 5.00. The maximum atomic E-state index is 11.4. The summed E-state index contributed by atoms with van der Waals surface area (Å²) in [6, 6.07) is 5.56. The van der Waals surface area contributed by atoms with Crippen molar-refractivity contribution in [2.24, 2.45) is 0 Å². The summed E-state index contributed by atoms with van der Waals surface area (Å²) < 4.78 is 7.16. The summed E-state index contributed by atoms with van der Waals surface area (Å²) in [4.78, 5) is 11.4. The Morgan fingerprint density at radius 1 is 1.47 bits per heavy atom. The Morgan fingerprint density at radius 2 is 2.18 bits per heavy atom. The predicted molar refractivity (Wildman–Crippen MR) is 62.0 cm³/mol. The number of pyridine rings is 1. The molecule has 0 fully saturated rings. The summed E-state index contributed by atoms with van der Waals surface area (Å²) in [5, 5.41) is 0. The zero-order valence-electron chi connectivity index (χ0n) is 10.3. The van der Waals surface area contributed by atoms with E-state index in [0.29, 0.717) is 11.5 Å². The third-order valence-electron chi connectivity index (χ3n) is 2.20. The zero-order chi connectivity index (χ0) is 12.0. The quantitative estimate of drug-likeness (QED) is 0.394. The highest BCUT2D eigenvalue weighted by Crippen LogP contribution is 2.05. The first-order valence-corrected chi connectivity index (χ1v) is 5.51. The average Bonchev–Trinajstić information content (AvgIpc) is 2.27. The van der Waals surface area contributed by atoms with Crippen LogP contribution in [0.5, 0.6) is 5.88 Å². The van der Waals surface area contributed by atoms with Crippen molar-refractivity contribution in [3.63, 3.8) is 0 Å². The fraction of sp³-hybridized carbons (Fsp3) is 0.385.